The van der Waals surface area contributed by atoms with Crippen molar-refractivity contribution in [2.45, 2.75) is 46.3 Å². The topological polar surface area (TPSA) is 34.2 Å². The predicted molar refractivity (Wildman–Crippen MR) is 89.2 cm³/mol. The second-order valence-electron chi connectivity index (χ2n) is 5.48. The average Bonchev–Trinajstić information content (AvgIpc) is 2.85. The monoisotopic (exact) mass is 304 g/mol. The maximum Gasteiger partial charge on any atom is 0.138 e. The number of nitrogens with zero attached hydrogens (tertiary/aromatic N) is 1. The fourth-order valence-corrected chi connectivity index (χ4v) is 3.29. The maximum atomic E-state index is 5.77. The molecule has 2 aromatic rings. The molecule has 0 bridgehead atoms. The minimum absolute atomic E-state index is 0.160. The summed E-state index contributed by atoms with van der Waals surface area (Å²) in [5.74, 6) is 0.833. The summed E-state index contributed by atoms with van der Waals surface area (Å²) in [7, 11) is 0. The molecule has 0 aliphatic rings. The Hall–Kier alpha value is -1.39. The Bertz CT molecular complexity index is 565. The molecule has 4 heteroatoms. The smallest absolute Gasteiger partial charge is 0.138 e. The molecule has 3 nitrogen and oxygen atoms in total. The van der Waals surface area contributed by atoms with Crippen LogP contribution in [0.3, 0.4) is 0 Å². The highest BCUT2D eigenvalue weighted by Crippen LogP contribution is 2.30. The molecule has 0 aromatic carbocycles. The Labute approximate surface area is 131 Å². The van der Waals surface area contributed by atoms with Gasteiger partial charge in [0.05, 0.1) is 18.3 Å². The van der Waals surface area contributed by atoms with Gasteiger partial charge in [-0.1, -0.05) is 6.92 Å². The number of aromatic nitrogens is 1. The van der Waals surface area contributed by atoms with E-state index in [2.05, 4.69) is 41.7 Å². The Balaban J connectivity index is 2.30. The van der Waals surface area contributed by atoms with Crippen LogP contribution in [0.5, 0.6) is 5.75 Å². The summed E-state index contributed by atoms with van der Waals surface area (Å²) < 4.78 is 5.77. The summed E-state index contributed by atoms with van der Waals surface area (Å²) in [6.07, 6.45) is 4.98. The number of hydrogen-bond acceptors (Lipinski definition) is 4. The van der Waals surface area contributed by atoms with Gasteiger partial charge in [-0.25, -0.2) is 0 Å². The quantitative estimate of drug-likeness (QED) is 0.827. The van der Waals surface area contributed by atoms with Crippen LogP contribution in [0.15, 0.2) is 29.9 Å². The van der Waals surface area contributed by atoms with E-state index in [-0.39, 0.29) is 12.1 Å². The average molecular weight is 304 g/mol. The van der Waals surface area contributed by atoms with E-state index in [1.54, 1.807) is 17.5 Å². The number of nitrogens with one attached hydrogen (secondary N) is 1. The summed E-state index contributed by atoms with van der Waals surface area (Å²) in [5.41, 5.74) is 2.48. The number of rotatable bonds is 7. The van der Waals surface area contributed by atoms with Gasteiger partial charge in [-0.05, 0) is 62.4 Å². The minimum Gasteiger partial charge on any atom is -0.489 e. The van der Waals surface area contributed by atoms with E-state index in [0.717, 1.165) is 24.3 Å². The molecule has 0 saturated carbocycles. The first-order chi connectivity index (χ1) is 10.1. The van der Waals surface area contributed by atoms with Crippen LogP contribution in [-0.4, -0.2) is 17.6 Å². The van der Waals surface area contributed by atoms with Gasteiger partial charge in [0.2, 0.25) is 0 Å². The van der Waals surface area contributed by atoms with Gasteiger partial charge in [0.25, 0.3) is 0 Å². The van der Waals surface area contributed by atoms with Gasteiger partial charge in [-0.15, -0.1) is 11.3 Å². The van der Waals surface area contributed by atoms with E-state index < -0.39 is 0 Å². The highest BCUT2D eigenvalue weighted by molar-refractivity contribution is 7.10. The Morgan fingerprint density at radius 1 is 1.33 bits per heavy atom. The highest BCUT2D eigenvalue weighted by Gasteiger charge is 2.18. The molecule has 1 unspecified atom stereocenters. The van der Waals surface area contributed by atoms with E-state index >= 15 is 0 Å². The zero-order valence-corrected chi connectivity index (χ0v) is 14.0. The van der Waals surface area contributed by atoms with Gasteiger partial charge in [0, 0.05) is 11.1 Å². The SMILES string of the molecule is CCCNC(c1cncc(OC(C)C)c1)c1sccc1C. The van der Waals surface area contributed by atoms with Crippen molar-refractivity contribution in [3.63, 3.8) is 0 Å². The van der Waals surface area contributed by atoms with Gasteiger partial charge in [0.1, 0.15) is 5.75 Å². The first kappa shape index (κ1) is 16.0. The predicted octanol–water partition coefficient (Wildman–Crippen LogP) is 4.33. The summed E-state index contributed by atoms with van der Waals surface area (Å²) in [6.45, 7) is 9.39. The van der Waals surface area contributed by atoms with Crippen molar-refractivity contribution in [3.8, 4) is 5.75 Å². The van der Waals surface area contributed by atoms with Crippen molar-refractivity contribution in [1.29, 1.82) is 0 Å². The van der Waals surface area contributed by atoms with Gasteiger partial charge in [-0.3, -0.25) is 4.98 Å². The zero-order valence-electron chi connectivity index (χ0n) is 13.2. The molecule has 1 atom stereocenters. The standard InChI is InChI=1S/C17H24N2OS/c1-5-7-19-16(17-13(4)6-8-21-17)14-9-15(11-18-10-14)20-12(2)3/h6,8-12,16,19H,5,7H2,1-4H3. The molecule has 0 radical (unpaired) electrons. The van der Waals surface area contributed by atoms with Crippen LogP contribution >= 0.6 is 11.3 Å². The fraction of sp³-hybridized carbons (Fsp3) is 0.471. The van der Waals surface area contributed by atoms with Crippen LogP contribution in [0.25, 0.3) is 0 Å². The van der Waals surface area contributed by atoms with Crippen LogP contribution < -0.4 is 10.1 Å². The molecule has 0 fully saturated rings. The molecule has 1 N–H and O–H groups in total. The number of aryl methyl sites for hydroxylation is 1. The Morgan fingerprint density at radius 2 is 2.14 bits per heavy atom. The molecule has 21 heavy (non-hydrogen) atoms. The van der Waals surface area contributed by atoms with Crippen LogP contribution in [0.2, 0.25) is 0 Å². The summed E-state index contributed by atoms with van der Waals surface area (Å²) >= 11 is 1.79. The second-order valence-corrected chi connectivity index (χ2v) is 6.42. The molecule has 2 heterocycles. The van der Waals surface area contributed by atoms with Gasteiger partial charge in [0.15, 0.2) is 0 Å². The largest absolute Gasteiger partial charge is 0.489 e. The molecule has 0 aliphatic carbocycles. The minimum atomic E-state index is 0.160. The number of ether oxygens (including phenoxy) is 1. The van der Waals surface area contributed by atoms with E-state index in [4.69, 9.17) is 4.74 Å². The third-order valence-corrected chi connectivity index (χ3v) is 4.29. The van der Waals surface area contributed by atoms with E-state index in [0.29, 0.717) is 0 Å². The van der Waals surface area contributed by atoms with Crippen molar-refractivity contribution in [2.75, 3.05) is 6.54 Å². The normalized spacial score (nSPS) is 12.6. The lowest BCUT2D eigenvalue weighted by molar-refractivity contribution is 0.241. The van der Waals surface area contributed by atoms with Gasteiger partial charge >= 0.3 is 0 Å². The van der Waals surface area contributed by atoms with E-state index in [1.807, 2.05) is 20.0 Å². The zero-order chi connectivity index (χ0) is 15.2. The molecule has 0 amide bonds. The lowest BCUT2D eigenvalue weighted by Gasteiger charge is -2.20. The lowest BCUT2D eigenvalue weighted by atomic mass is 10.0. The van der Waals surface area contributed by atoms with Crippen molar-refractivity contribution in [1.82, 2.24) is 10.3 Å². The first-order valence-electron chi connectivity index (χ1n) is 7.50. The molecule has 0 saturated heterocycles. The third kappa shape index (κ3) is 4.29. The number of thiophene rings is 1. The van der Waals surface area contributed by atoms with Crippen molar-refractivity contribution in [2.24, 2.45) is 0 Å². The van der Waals surface area contributed by atoms with Gasteiger partial charge in [-0.2, -0.15) is 0 Å². The van der Waals surface area contributed by atoms with Crippen LogP contribution in [0, 0.1) is 6.92 Å². The molecule has 0 aliphatic heterocycles. The molecule has 114 valence electrons. The van der Waals surface area contributed by atoms with Crippen LogP contribution in [0.1, 0.15) is 49.2 Å². The van der Waals surface area contributed by atoms with Gasteiger partial charge < -0.3 is 10.1 Å². The fourth-order valence-electron chi connectivity index (χ4n) is 2.26. The molecule has 2 rings (SSSR count). The lowest BCUT2D eigenvalue weighted by Crippen LogP contribution is -2.23. The van der Waals surface area contributed by atoms with Crippen molar-refractivity contribution >= 4 is 11.3 Å². The Morgan fingerprint density at radius 3 is 2.76 bits per heavy atom. The van der Waals surface area contributed by atoms with Crippen molar-refractivity contribution in [3.05, 3.63) is 45.9 Å². The first-order valence-corrected chi connectivity index (χ1v) is 8.38. The number of pyridine rings is 1. The maximum absolute atomic E-state index is 5.77. The molecule has 2 aromatic heterocycles. The number of hydrogen-bond donors (Lipinski definition) is 1. The summed E-state index contributed by atoms with van der Waals surface area (Å²) in [6, 6.07) is 4.45. The third-order valence-electron chi connectivity index (χ3n) is 3.20. The molecular weight excluding hydrogens is 280 g/mol. The molecule has 0 spiro atoms. The van der Waals surface area contributed by atoms with Crippen molar-refractivity contribution < 1.29 is 4.74 Å². The Kier molecular flexibility index (Phi) is 5.76. The van der Waals surface area contributed by atoms with Crippen LogP contribution in [-0.2, 0) is 0 Å². The van der Waals surface area contributed by atoms with Crippen LogP contribution in [0.4, 0.5) is 0 Å². The summed E-state index contributed by atoms with van der Waals surface area (Å²) in [5, 5.41) is 5.77. The van der Waals surface area contributed by atoms with E-state index in [1.165, 1.54) is 10.4 Å². The second kappa shape index (κ2) is 7.57. The summed E-state index contributed by atoms with van der Waals surface area (Å²) in [4.78, 5) is 5.70. The molecular formula is C17H24N2OS. The highest BCUT2D eigenvalue weighted by atomic mass is 32.1. The van der Waals surface area contributed by atoms with E-state index in [9.17, 15) is 0 Å².